The largest absolute Gasteiger partial charge is 0.382 e. The molecular weight excluding hydrogens is 160 g/mol. The van der Waals surface area contributed by atoms with Crippen LogP contribution in [0.3, 0.4) is 0 Å². The molecule has 0 heterocycles. The van der Waals surface area contributed by atoms with Gasteiger partial charge in [0.25, 0.3) is 0 Å². The lowest BCUT2D eigenvalue weighted by molar-refractivity contribution is 0.968. The summed E-state index contributed by atoms with van der Waals surface area (Å²) >= 11 is 0. The fourth-order valence-electron chi connectivity index (χ4n) is 1.40. The molecule has 70 valence electrons. The standard InChI is InChI=1S/C11H16N2/c12-8-7-9-1-3-10(4-2-9)13-11-5-6-11/h1-4,11,13H,5-8,12H2. The van der Waals surface area contributed by atoms with Crippen LogP contribution < -0.4 is 11.1 Å². The number of hydrogen-bond donors (Lipinski definition) is 2. The highest BCUT2D eigenvalue weighted by molar-refractivity contribution is 5.46. The van der Waals surface area contributed by atoms with E-state index in [1.807, 2.05) is 0 Å². The van der Waals surface area contributed by atoms with Crippen LogP contribution in [0.15, 0.2) is 24.3 Å². The second kappa shape index (κ2) is 3.79. The third kappa shape index (κ3) is 2.46. The van der Waals surface area contributed by atoms with Gasteiger partial charge in [0.1, 0.15) is 0 Å². The molecule has 0 aliphatic heterocycles. The quantitative estimate of drug-likeness (QED) is 0.733. The minimum Gasteiger partial charge on any atom is -0.382 e. The summed E-state index contributed by atoms with van der Waals surface area (Å²) in [6, 6.07) is 9.32. The van der Waals surface area contributed by atoms with Gasteiger partial charge in [-0.3, -0.25) is 0 Å². The van der Waals surface area contributed by atoms with Crippen molar-refractivity contribution in [2.24, 2.45) is 5.73 Å². The summed E-state index contributed by atoms with van der Waals surface area (Å²) < 4.78 is 0. The average Bonchev–Trinajstić information content (AvgIpc) is 2.93. The lowest BCUT2D eigenvalue weighted by atomic mass is 10.1. The lowest BCUT2D eigenvalue weighted by Gasteiger charge is -2.05. The van der Waals surface area contributed by atoms with Crippen LogP contribution in [0.25, 0.3) is 0 Å². The zero-order valence-electron chi connectivity index (χ0n) is 7.79. The van der Waals surface area contributed by atoms with Gasteiger partial charge in [-0.25, -0.2) is 0 Å². The third-order valence-corrected chi connectivity index (χ3v) is 2.34. The molecule has 2 heteroatoms. The van der Waals surface area contributed by atoms with Crippen LogP contribution in [0.1, 0.15) is 18.4 Å². The van der Waals surface area contributed by atoms with E-state index in [0.717, 1.165) is 19.0 Å². The van der Waals surface area contributed by atoms with Gasteiger partial charge in [0.05, 0.1) is 0 Å². The summed E-state index contributed by atoms with van der Waals surface area (Å²) in [4.78, 5) is 0. The number of nitrogens with one attached hydrogen (secondary N) is 1. The van der Waals surface area contributed by atoms with Crippen molar-refractivity contribution < 1.29 is 0 Å². The van der Waals surface area contributed by atoms with Crippen LogP contribution in [0, 0.1) is 0 Å². The normalized spacial score (nSPS) is 15.8. The number of rotatable bonds is 4. The molecule has 2 rings (SSSR count). The predicted octanol–water partition coefficient (Wildman–Crippen LogP) is 1.76. The van der Waals surface area contributed by atoms with Crippen LogP contribution >= 0.6 is 0 Å². The maximum absolute atomic E-state index is 5.47. The van der Waals surface area contributed by atoms with E-state index >= 15 is 0 Å². The van der Waals surface area contributed by atoms with Gasteiger partial charge in [-0.1, -0.05) is 12.1 Å². The van der Waals surface area contributed by atoms with Crippen LogP contribution in [-0.4, -0.2) is 12.6 Å². The number of benzene rings is 1. The van der Waals surface area contributed by atoms with Crippen molar-refractivity contribution in [3.8, 4) is 0 Å². The topological polar surface area (TPSA) is 38.0 Å². The minimum absolute atomic E-state index is 0.732. The Morgan fingerprint density at radius 2 is 1.92 bits per heavy atom. The van der Waals surface area contributed by atoms with E-state index < -0.39 is 0 Å². The molecule has 0 radical (unpaired) electrons. The first kappa shape index (κ1) is 8.57. The molecule has 1 aliphatic carbocycles. The highest BCUT2D eigenvalue weighted by Gasteiger charge is 2.20. The SMILES string of the molecule is NCCc1ccc(NC2CC2)cc1. The summed E-state index contributed by atoms with van der Waals surface area (Å²) in [6.07, 6.45) is 3.62. The Labute approximate surface area is 79.1 Å². The summed E-state index contributed by atoms with van der Waals surface area (Å²) in [5.74, 6) is 0. The molecule has 1 saturated carbocycles. The summed E-state index contributed by atoms with van der Waals surface area (Å²) in [7, 11) is 0. The maximum atomic E-state index is 5.47. The summed E-state index contributed by atoms with van der Waals surface area (Å²) in [5.41, 5.74) is 8.04. The zero-order chi connectivity index (χ0) is 9.10. The van der Waals surface area contributed by atoms with E-state index in [2.05, 4.69) is 29.6 Å². The van der Waals surface area contributed by atoms with Gasteiger partial charge in [0.15, 0.2) is 0 Å². The van der Waals surface area contributed by atoms with Crippen LogP contribution in [0.4, 0.5) is 5.69 Å². The van der Waals surface area contributed by atoms with E-state index in [0.29, 0.717) is 0 Å². The first-order valence-corrected chi connectivity index (χ1v) is 4.94. The predicted molar refractivity (Wildman–Crippen MR) is 55.8 cm³/mol. The molecule has 1 aliphatic rings. The molecule has 0 atom stereocenters. The van der Waals surface area contributed by atoms with Crippen LogP contribution in [0.2, 0.25) is 0 Å². The summed E-state index contributed by atoms with van der Waals surface area (Å²) in [6.45, 7) is 0.732. The van der Waals surface area contributed by atoms with E-state index in [1.54, 1.807) is 0 Å². The second-order valence-corrected chi connectivity index (χ2v) is 3.65. The molecule has 3 N–H and O–H groups in total. The highest BCUT2D eigenvalue weighted by atomic mass is 14.9. The molecule has 2 nitrogen and oxygen atoms in total. The molecular formula is C11H16N2. The second-order valence-electron chi connectivity index (χ2n) is 3.65. The highest BCUT2D eigenvalue weighted by Crippen LogP contribution is 2.24. The molecule has 1 aromatic carbocycles. The minimum atomic E-state index is 0.732. The van der Waals surface area contributed by atoms with E-state index in [4.69, 9.17) is 5.73 Å². The molecule has 13 heavy (non-hydrogen) atoms. The fourth-order valence-corrected chi connectivity index (χ4v) is 1.40. The molecule has 1 aromatic rings. The molecule has 0 saturated heterocycles. The van der Waals surface area contributed by atoms with Crippen LogP contribution in [0.5, 0.6) is 0 Å². The average molecular weight is 176 g/mol. The van der Waals surface area contributed by atoms with Crippen molar-refractivity contribution in [1.29, 1.82) is 0 Å². The molecule has 0 aromatic heterocycles. The third-order valence-electron chi connectivity index (χ3n) is 2.34. The molecule has 0 bridgehead atoms. The Kier molecular flexibility index (Phi) is 2.50. The van der Waals surface area contributed by atoms with Crippen molar-refractivity contribution in [2.45, 2.75) is 25.3 Å². The molecule has 0 amide bonds. The Hall–Kier alpha value is -1.02. The van der Waals surface area contributed by atoms with E-state index in [9.17, 15) is 0 Å². The van der Waals surface area contributed by atoms with Crippen molar-refractivity contribution in [3.05, 3.63) is 29.8 Å². The Morgan fingerprint density at radius 3 is 2.46 bits per heavy atom. The number of hydrogen-bond acceptors (Lipinski definition) is 2. The van der Waals surface area contributed by atoms with Gasteiger partial charge in [-0.15, -0.1) is 0 Å². The van der Waals surface area contributed by atoms with Gasteiger partial charge in [0, 0.05) is 11.7 Å². The number of nitrogens with two attached hydrogens (primary N) is 1. The summed E-state index contributed by atoms with van der Waals surface area (Å²) in [5, 5.41) is 3.45. The monoisotopic (exact) mass is 176 g/mol. The van der Waals surface area contributed by atoms with Crippen molar-refractivity contribution in [1.82, 2.24) is 0 Å². The van der Waals surface area contributed by atoms with Crippen molar-refractivity contribution >= 4 is 5.69 Å². The fraction of sp³-hybridized carbons (Fsp3) is 0.455. The first-order chi connectivity index (χ1) is 6.38. The van der Waals surface area contributed by atoms with Crippen molar-refractivity contribution in [3.63, 3.8) is 0 Å². The van der Waals surface area contributed by atoms with Crippen molar-refractivity contribution in [2.75, 3.05) is 11.9 Å². The Bertz CT molecular complexity index is 262. The van der Waals surface area contributed by atoms with Gasteiger partial charge in [0.2, 0.25) is 0 Å². The van der Waals surface area contributed by atoms with Crippen LogP contribution in [-0.2, 0) is 6.42 Å². The maximum Gasteiger partial charge on any atom is 0.0342 e. The lowest BCUT2D eigenvalue weighted by Crippen LogP contribution is -2.03. The Morgan fingerprint density at radius 1 is 1.23 bits per heavy atom. The molecule has 0 spiro atoms. The molecule has 1 fully saturated rings. The smallest absolute Gasteiger partial charge is 0.0342 e. The van der Waals surface area contributed by atoms with Gasteiger partial charge in [-0.05, 0) is 43.5 Å². The van der Waals surface area contributed by atoms with Gasteiger partial charge in [-0.2, -0.15) is 0 Å². The number of anilines is 1. The zero-order valence-corrected chi connectivity index (χ0v) is 7.79. The Balaban J connectivity index is 1.95. The molecule has 0 unspecified atom stereocenters. The van der Waals surface area contributed by atoms with E-state index in [-0.39, 0.29) is 0 Å². The van der Waals surface area contributed by atoms with E-state index in [1.165, 1.54) is 24.1 Å². The van der Waals surface area contributed by atoms with Gasteiger partial charge < -0.3 is 11.1 Å². The first-order valence-electron chi connectivity index (χ1n) is 4.94. The van der Waals surface area contributed by atoms with Gasteiger partial charge >= 0.3 is 0 Å².